The van der Waals surface area contributed by atoms with E-state index in [9.17, 15) is 63.4 Å². The zero-order valence-corrected chi connectivity index (χ0v) is 25.7. The molecule has 2 aromatic rings. The van der Waals surface area contributed by atoms with Crippen molar-refractivity contribution in [3.05, 3.63) is 69.3 Å². The Morgan fingerprint density at radius 2 is 0.795 bits per heavy atom. The molecular formula is C22H12Cl6F10O6. The molecule has 22 heteroatoms. The summed E-state index contributed by atoms with van der Waals surface area (Å²) in [6, 6.07) is 0. The molecule has 0 aliphatic rings. The van der Waals surface area contributed by atoms with Crippen molar-refractivity contribution >= 4 is 87.5 Å². The van der Waals surface area contributed by atoms with Crippen molar-refractivity contribution < 1.29 is 72.9 Å². The van der Waals surface area contributed by atoms with Crippen molar-refractivity contribution in [2.24, 2.45) is 0 Å². The average molecular weight is 775 g/mol. The first kappa shape index (κ1) is 42.0. The van der Waals surface area contributed by atoms with Gasteiger partial charge in [-0.15, -0.1) is 0 Å². The molecule has 2 atom stereocenters. The fraction of sp³-hybridized carbons (Fsp3) is 0.318. The van der Waals surface area contributed by atoms with Gasteiger partial charge in [-0.25, -0.2) is 43.9 Å². The van der Waals surface area contributed by atoms with E-state index in [-0.39, 0.29) is 0 Å². The third-order valence-electron chi connectivity index (χ3n) is 4.20. The number of benzene rings is 2. The van der Waals surface area contributed by atoms with E-state index in [4.69, 9.17) is 69.6 Å². The van der Waals surface area contributed by atoms with Crippen molar-refractivity contribution in [2.75, 3.05) is 0 Å². The summed E-state index contributed by atoms with van der Waals surface area (Å²) in [6.07, 6.45) is -4.81. The van der Waals surface area contributed by atoms with Crippen LogP contribution in [0.5, 0.6) is 0 Å². The minimum Gasteiger partial charge on any atom is -0.453 e. The molecule has 248 valence electrons. The highest BCUT2D eigenvalue weighted by molar-refractivity contribution is 6.68. The minimum absolute atomic E-state index is 0.562. The molecule has 0 spiro atoms. The number of carbonyl (C=O) groups excluding carboxylic acids is 3. The van der Waals surface area contributed by atoms with Gasteiger partial charge in [0.2, 0.25) is 19.2 Å². The zero-order valence-electron chi connectivity index (χ0n) is 21.2. The van der Waals surface area contributed by atoms with Crippen LogP contribution in [0.15, 0.2) is 0 Å². The first-order valence-electron chi connectivity index (χ1n) is 10.4. The molecule has 0 radical (unpaired) electrons. The summed E-state index contributed by atoms with van der Waals surface area (Å²) < 4.78 is 134. The molecule has 0 fully saturated rings. The van der Waals surface area contributed by atoms with Crippen molar-refractivity contribution in [1.29, 1.82) is 0 Å². The Kier molecular flexibility index (Phi) is 15.8. The molecule has 0 saturated carbocycles. The Labute approximate surface area is 269 Å². The van der Waals surface area contributed by atoms with Crippen LogP contribution in [0.25, 0.3) is 0 Å². The van der Waals surface area contributed by atoms with Crippen molar-refractivity contribution in [2.45, 2.75) is 40.6 Å². The second kappa shape index (κ2) is 16.6. The number of carbonyl (C=O) groups is 3. The van der Waals surface area contributed by atoms with E-state index in [2.05, 4.69) is 9.47 Å². The van der Waals surface area contributed by atoms with Crippen LogP contribution in [0, 0.1) is 58.2 Å². The van der Waals surface area contributed by atoms with Crippen LogP contribution in [0.2, 0.25) is 0 Å². The minimum atomic E-state index is -2.65. The lowest BCUT2D eigenvalue weighted by Gasteiger charge is -2.25. The van der Waals surface area contributed by atoms with E-state index in [1.165, 1.54) is 13.8 Å². The zero-order chi connectivity index (χ0) is 35.2. The maximum atomic E-state index is 13.5. The molecule has 2 rings (SSSR count). The molecule has 2 unspecified atom stereocenters. The summed E-state index contributed by atoms with van der Waals surface area (Å²) in [4.78, 5) is 30.5. The molecule has 0 aliphatic heterocycles. The van der Waals surface area contributed by atoms with E-state index >= 15 is 0 Å². The summed E-state index contributed by atoms with van der Waals surface area (Å²) in [5.74, 6) is -25.0. The fourth-order valence-electron chi connectivity index (χ4n) is 2.54. The maximum Gasteiger partial charge on any atom is 0.310 e. The predicted octanol–water partition coefficient (Wildman–Crippen LogP) is 8.24. The SMILES string of the molecule is CC(=O)OC(C)=O.CC(=O)OC(c1c(F)c(F)c(F)c(F)c1F)C(Cl)(Cl)Cl.OC(c1c(F)c(F)c(F)c(F)c1F)C(Cl)(Cl)Cl. The van der Waals surface area contributed by atoms with Crippen LogP contribution in [0.3, 0.4) is 0 Å². The Morgan fingerprint density at radius 3 is 1.00 bits per heavy atom. The number of halogens is 16. The molecule has 1 N–H and O–H groups in total. The monoisotopic (exact) mass is 772 g/mol. The number of rotatable bonds is 3. The topological polar surface area (TPSA) is 89.9 Å². The van der Waals surface area contributed by atoms with Gasteiger partial charge >= 0.3 is 17.9 Å². The largest absolute Gasteiger partial charge is 0.453 e. The van der Waals surface area contributed by atoms with Gasteiger partial charge in [-0.3, -0.25) is 14.4 Å². The summed E-state index contributed by atoms with van der Waals surface area (Å²) in [7, 11) is 0. The Hall–Kier alpha value is -1.95. The molecule has 2 aromatic carbocycles. The normalized spacial score (nSPS) is 12.6. The number of ether oxygens (including phenoxy) is 2. The summed E-state index contributed by atoms with van der Waals surface area (Å²) in [5, 5.41) is 9.23. The van der Waals surface area contributed by atoms with Gasteiger partial charge in [0.25, 0.3) is 0 Å². The molecule has 0 amide bonds. The fourth-order valence-corrected chi connectivity index (χ4v) is 3.32. The van der Waals surface area contributed by atoms with E-state index < -0.39 is 107 Å². The second-order valence-electron chi connectivity index (χ2n) is 7.53. The molecular weight excluding hydrogens is 763 g/mol. The molecule has 0 aliphatic carbocycles. The van der Waals surface area contributed by atoms with Crippen LogP contribution >= 0.6 is 69.6 Å². The van der Waals surface area contributed by atoms with E-state index in [0.29, 0.717) is 0 Å². The highest BCUT2D eigenvalue weighted by atomic mass is 35.6. The Bertz CT molecular complexity index is 1350. The van der Waals surface area contributed by atoms with Crippen LogP contribution in [0.1, 0.15) is 44.1 Å². The van der Waals surface area contributed by atoms with Gasteiger partial charge in [-0.1, -0.05) is 69.6 Å². The van der Waals surface area contributed by atoms with Gasteiger partial charge in [0, 0.05) is 20.8 Å². The van der Waals surface area contributed by atoms with E-state index in [0.717, 1.165) is 6.92 Å². The quantitative estimate of drug-likeness (QED) is 0.0845. The highest BCUT2D eigenvalue weighted by Crippen LogP contribution is 2.45. The van der Waals surface area contributed by atoms with Crippen LogP contribution in [-0.4, -0.2) is 30.6 Å². The molecule has 6 nitrogen and oxygen atoms in total. The van der Waals surface area contributed by atoms with Gasteiger partial charge in [0.15, 0.2) is 52.6 Å². The van der Waals surface area contributed by atoms with Gasteiger partial charge < -0.3 is 14.6 Å². The molecule has 0 saturated heterocycles. The number of hydrogen-bond donors (Lipinski definition) is 1. The molecule has 44 heavy (non-hydrogen) atoms. The number of aliphatic hydroxyl groups excluding tert-OH is 1. The first-order chi connectivity index (χ1) is 19.7. The average Bonchev–Trinajstić information content (AvgIpc) is 2.86. The molecule has 0 heterocycles. The molecule has 0 bridgehead atoms. The number of esters is 3. The van der Waals surface area contributed by atoms with Gasteiger partial charge in [0.1, 0.15) is 6.10 Å². The van der Waals surface area contributed by atoms with E-state index in [1.807, 2.05) is 0 Å². The number of alkyl halides is 6. The van der Waals surface area contributed by atoms with Gasteiger partial charge in [-0.05, 0) is 0 Å². The third kappa shape index (κ3) is 11.1. The first-order valence-corrected chi connectivity index (χ1v) is 12.7. The second-order valence-corrected chi connectivity index (χ2v) is 12.3. The van der Waals surface area contributed by atoms with Crippen LogP contribution < -0.4 is 0 Å². The van der Waals surface area contributed by atoms with Gasteiger partial charge in [-0.2, -0.15) is 0 Å². The lowest BCUT2D eigenvalue weighted by molar-refractivity contribution is -0.156. The highest BCUT2D eigenvalue weighted by Gasteiger charge is 2.43. The lowest BCUT2D eigenvalue weighted by Crippen LogP contribution is -2.26. The van der Waals surface area contributed by atoms with Crippen LogP contribution in [-0.2, 0) is 23.9 Å². The standard InChI is InChI=1S/C10H4Cl3F5O2.C8H2Cl3F5O.C4H6O3/c1-2(19)20-9(10(11,12)13)3-4(14)6(16)8(18)7(17)5(3)15;9-8(10,11)7(17)1-2(12)4(14)6(16)5(15)3(1)13;1-3(5)7-4(2)6/h9H,1H3;7,17H;1-2H3. The van der Waals surface area contributed by atoms with Crippen molar-refractivity contribution in [3.63, 3.8) is 0 Å². The smallest absolute Gasteiger partial charge is 0.310 e. The predicted molar refractivity (Wildman–Crippen MR) is 135 cm³/mol. The van der Waals surface area contributed by atoms with Crippen LogP contribution in [0.4, 0.5) is 43.9 Å². The van der Waals surface area contributed by atoms with Crippen molar-refractivity contribution in [3.8, 4) is 0 Å². The van der Waals surface area contributed by atoms with Gasteiger partial charge in [0.05, 0.1) is 11.1 Å². The maximum absolute atomic E-state index is 13.5. The van der Waals surface area contributed by atoms with Crippen molar-refractivity contribution in [1.82, 2.24) is 0 Å². The number of hydrogen-bond acceptors (Lipinski definition) is 6. The Morgan fingerprint density at radius 1 is 0.523 bits per heavy atom. The number of aliphatic hydroxyl groups is 1. The van der Waals surface area contributed by atoms with E-state index in [1.54, 1.807) is 0 Å². The summed E-state index contributed by atoms with van der Waals surface area (Å²) in [6.45, 7) is 3.16. The summed E-state index contributed by atoms with van der Waals surface area (Å²) in [5.41, 5.74) is -3.14. The third-order valence-corrected chi connectivity index (χ3v) is 5.42. The Balaban J connectivity index is 0.000000699. The summed E-state index contributed by atoms with van der Waals surface area (Å²) >= 11 is 31.4. The molecule has 0 aromatic heterocycles. The lowest BCUT2D eigenvalue weighted by atomic mass is 10.1.